The third-order valence-electron chi connectivity index (χ3n) is 2.40. The van der Waals surface area contributed by atoms with Gasteiger partial charge in [-0.1, -0.05) is 0 Å². The Kier molecular flexibility index (Phi) is 3.53. The van der Waals surface area contributed by atoms with Gasteiger partial charge in [-0.05, 0) is 40.0 Å². The third-order valence-corrected chi connectivity index (χ3v) is 3.18. The van der Waals surface area contributed by atoms with Crippen LogP contribution in [-0.2, 0) is 6.54 Å². The minimum absolute atomic E-state index is 0.425. The van der Waals surface area contributed by atoms with Crippen LogP contribution < -0.4 is 11.1 Å². The topological polar surface area (TPSA) is 76.7 Å². The van der Waals surface area contributed by atoms with Crippen molar-refractivity contribution < 1.29 is 0 Å². The first-order valence-corrected chi connectivity index (χ1v) is 5.87. The second kappa shape index (κ2) is 5.09. The molecule has 0 bridgehead atoms. The number of hydrogen-bond donors (Lipinski definition) is 2. The van der Waals surface area contributed by atoms with Gasteiger partial charge in [0.1, 0.15) is 22.4 Å². The molecule has 5 nitrogen and oxygen atoms in total. The summed E-state index contributed by atoms with van der Waals surface area (Å²) in [4.78, 5) is 12.0. The van der Waals surface area contributed by atoms with Gasteiger partial charge in [0.25, 0.3) is 0 Å². The van der Waals surface area contributed by atoms with Crippen molar-refractivity contribution in [3.05, 3.63) is 40.4 Å². The van der Waals surface area contributed by atoms with Gasteiger partial charge >= 0.3 is 0 Å². The Morgan fingerprint density at radius 1 is 1.41 bits per heavy atom. The standard InChI is InChI=1S/C11H12BrN5/c1-7-4-14-3-2-8(7)5-15-11-9(12)10(13)16-6-17-11/h2-4,6H,5H2,1H3,(H3,13,15,16,17). The van der Waals surface area contributed by atoms with Crippen molar-refractivity contribution in [2.24, 2.45) is 0 Å². The normalized spacial score (nSPS) is 10.2. The number of pyridine rings is 1. The molecule has 0 aliphatic carbocycles. The molecule has 0 unspecified atom stereocenters. The van der Waals surface area contributed by atoms with Crippen molar-refractivity contribution in [2.45, 2.75) is 13.5 Å². The summed E-state index contributed by atoms with van der Waals surface area (Å²) >= 11 is 3.35. The Bertz CT molecular complexity index is 529. The summed E-state index contributed by atoms with van der Waals surface area (Å²) < 4.78 is 0.687. The summed E-state index contributed by atoms with van der Waals surface area (Å²) in [6, 6.07) is 1.97. The Hall–Kier alpha value is -1.69. The fourth-order valence-electron chi connectivity index (χ4n) is 1.39. The summed E-state index contributed by atoms with van der Waals surface area (Å²) in [5.74, 6) is 1.11. The monoisotopic (exact) mass is 293 g/mol. The van der Waals surface area contributed by atoms with Crippen LogP contribution >= 0.6 is 15.9 Å². The highest BCUT2D eigenvalue weighted by Gasteiger charge is 2.05. The first kappa shape index (κ1) is 11.8. The summed E-state index contributed by atoms with van der Waals surface area (Å²) in [5, 5.41) is 3.21. The molecule has 17 heavy (non-hydrogen) atoms. The second-order valence-corrected chi connectivity index (χ2v) is 4.37. The van der Waals surface area contributed by atoms with Crippen molar-refractivity contribution >= 4 is 27.6 Å². The van der Waals surface area contributed by atoms with E-state index in [4.69, 9.17) is 5.73 Å². The summed E-state index contributed by atoms with van der Waals surface area (Å²) in [6.45, 7) is 2.69. The van der Waals surface area contributed by atoms with E-state index in [1.54, 1.807) is 6.20 Å². The molecule has 2 heterocycles. The molecule has 2 rings (SSSR count). The number of hydrogen-bond acceptors (Lipinski definition) is 5. The van der Waals surface area contributed by atoms with Gasteiger partial charge in [0, 0.05) is 18.9 Å². The number of aromatic nitrogens is 3. The molecule has 2 aromatic rings. The Morgan fingerprint density at radius 3 is 3.00 bits per heavy atom. The van der Waals surface area contributed by atoms with Gasteiger partial charge in [0.15, 0.2) is 0 Å². The van der Waals surface area contributed by atoms with Crippen LogP contribution in [0, 0.1) is 6.92 Å². The van der Waals surface area contributed by atoms with Gasteiger partial charge in [0.05, 0.1) is 0 Å². The van der Waals surface area contributed by atoms with E-state index in [1.807, 2.05) is 19.2 Å². The number of nitrogens with one attached hydrogen (secondary N) is 1. The van der Waals surface area contributed by atoms with Crippen LogP contribution in [0.1, 0.15) is 11.1 Å². The number of nitrogens with two attached hydrogens (primary N) is 1. The number of aryl methyl sites for hydroxylation is 1. The Morgan fingerprint density at radius 2 is 2.24 bits per heavy atom. The third kappa shape index (κ3) is 2.71. The molecular formula is C11H12BrN5. The number of nitrogen functional groups attached to an aromatic ring is 1. The lowest BCUT2D eigenvalue weighted by Crippen LogP contribution is -2.05. The maximum atomic E-state index is 5.67. The zero-order valence-corrected chi connectivity index (χ0v) is 10.9. The molecule has 0 radical (unpaired) electrons. The SMILES string of the molecule is Cc1cnccc1CNc1ncnc(N)c1Br. The molecule has 0 amide bonds. The Labute approximate surface area is 108 Å². The molecule has 0 spiro atoms. The van der Waals surface area contributed by atoms with E-state index in [-0.39, 0.29) is 0 Å². The van der Waals surface area contributed by atoms with E-state index in [0.717, 1.165) is 5.56 Å². The van der Waals surface area contributed by atoms with Crippen molar-refractivity contribution in [3.63, 3.8) is 0 Å². The molecule has 2 aromatic heterocycles. The van der Waals surface area contributed by atoms with Crippen LogP contribution in [0.3, 0.4) is 0 Å². The molecule has 0 aliphatic rings. The summed E-state index contributed by atoms with van der Waals surface area (Å²) in [7, 11) is 0. The molecule has 0 saturated heterocycles. The van der Waals surface area contributed by atoms with E-state index < -0.39 is 0 Å². The molecular weight excluding hydrogens is 282 g/mol. The smallest absolute Gasteiger partial charge is 0.146 e. The quantitative estimate of drug-likeness (QED) is 0.907. The molecule has 88 valence electrons. The van der Waals surface area contributed by atoms with Gasteiger partial charge < -0.3 is 11.1 Å². The zero-order valence-electron chi connectivity index (χ0n) is 9.31. The molecule has 0 atom stereocenters. The predicted octanol–water partition coefficient (Wildman–Crippen LogP) is 2.14. The van der Waals surface area contributed by atoms with E-state index in [1.165, 1.54) is 11.9 Å². The highest BCUT2D eigenvalue weighted by atomic mass is 79.9. The Balaban J connectivity index is 2.13. The molecule has 0 saturated carbocycles. The number of rotatable bonds is 3. The van der Waals surface area contributed by atoms with E-state index >= 15 is 0 Å². The second-order valence-electron chi connectivity index (χ2n) is 3.58. The van der Waals surface area contributed by atoms with Crippen LogP contribution in [0.25, 0.3) is 0 Å². The molecule has 0 fully saturated rings. The lowest BCUT2D eigenvalue weighted by Gasteiger charge is -2.09. The maximum absolute atomic E-state index is 5.67. The van der Waals surface area contributed by atoms with Gasteiger partial charge in [-0.3, -0.25) is 4.98 Å². The van der Waals surface area contributed by atoms with Crippen LogP contribution in [0.15, 0.2) is 29.3 Å². The van der Waals surface area contributed by atoms with Crippen molar-refractivity contribution in [1.29, 1.82) is 0 Å². The average Bonchev–Trinajstić information content (AvgIpc) is 2.33. The van der Waals surface area contributed by atoms with Crippen LogP contribution in [-0.4, -0.2) is 15.0 Å². The minimum Gasteiger partial charge on any atom is -0.383 e. The van der Waals surface area contributed by atoms with E-state index in [0.29, 0.717) is 22.7 Å². The number of halogens is 1. The van der Waals surface area contributed by atoms with Gasteiger partial charge in [-0.25, -0.2) is 9.97 Å². The largest absolute Gasteiger partial charge is 0.383 e. The highest BCUT2D eigenvalue weighted by Crippen LogP contribution is 2.24. The summed E-state index contributed by atoms with van der Waals surface area (Å²) in [5.41, 5.74) is 7.98. The summed E-state index contributed by atoms with van der Waals surface area (Å²) in [6.07, 6.45) is 5.04. The molecule has 0 aliphatic heterocycles. The van der Waals surface area contributed by atoms with Gasteiger partial charge in [-0.2, -0.15) is 0 Å². The lowest BCUT2D eigenvalue weighted by atomic mass is 10.1. The minimum atomic E-state index is 0.425. The fraction of sp³-hybridized carbons (Fsp3) is 0.182. The lowest BCUT2D eigenvalue weighted by molar-refractivity contribution is 1.05. The van der Waals surface area contributed by atoms with Gasteiger partial charge in [0.2, 0.25) is 0 Å². The van der Waals surface area contributed by atoms with Crippen LogP contribution in [0.2, 0.25) is 0 Å². The molecule has 3 N–H and O–H groups in total. The predicted molar refractivity (Wildman–Crippen MR) is 70.4 cm³/mol. The van der Waals surface area contributed by atoms with Crippen molar-refractivity contribution in [1.82, 2.24) is 15.0 Å². The fourth-order valence-corrected chi connectivity index (χ4v) is 1.73. The number of anilines is 2. The molecule has 6 heteroatoms. The van der Waals surface area contributed by atoms with Crippen molar-refractivity contribution in [2.75, 3.05) is 11.1 Å². The maximum Gasteiger partial charge on any atom is 0.146 e. The van der Waals surface area contributed by atoms with E-state index in [9.17, 15) is 0 Å². The van der Waals surface area contributed by atoms with E-state index in [2.05, 4.69) is 36.2 Å². The van der Waals surface area contributed by atoms with Crippen LogP contribution in [0.5, 0.6) is 0 Å². The first-order chi connectivity index (χ1) is 8.18. The average molecular weight is 294 g/mol. The molecule has 0 aromatic carbocycles. The highest BCUT2D eigenvalue weighted by molar-refractivity contribution is 9.10. The van der Waals surface area contributed by atoms with Crippen LogP contribution in [0.4, 0.5) is 11.6 Å². The first-order valence-electron chi connectivity index (χ1n) is 5.08. The van der Waals surface area contributed by atoms with Crippen molar-refractivity contribution in [3.8, 4) is 0 Å². The van der Waals surface area contributed by atoms with Gasteiger partial charge in [-0.15, -0.1) is 0 Å². The number of nitrogens with zero attached hydrogens (tertiary/aromatic N) is 3. The zero-order chi connectivity index (χ0) is 12.3.